The highest BCUT2D eigenvalue weighted by atomic mass is 16.5. The lowest BCUT2D eigenvalue weighted by Crippen LogP contribution is -2.16. The topological polar surface area (TPSA) is 80.3 Å². The number of nitrogens with zero attached hydrogens (tertiary/aromatic N) is 1. The van der Waals surface area contributed by atoms with E-state index in [1.165, 1.54) is 7.11 Å². The summed E-state index contributed by atoms with van der Waals surface area (Å²) in [5, 5.41) is 5.88. The summed E-state index contributed by atoms with van der Waals surface area (Å²) in [5.41, 5.74) is 2.59. The van der Waals surface area contributed by atoms with Gasteiger partial charge in [-0.1, -0.05) is 30.3 Å². The molecule has 3 aromatic rings. The molecule has 1 aromatic heterocycles. The van der Waals surface area contributed by atoms with E-state index in [0.29, 0.717) is 5.69 Å². The number of amides is 1. The SMILES string of the molecule is COC(=O)c1ccccc1NC(=O)c1ccc(Nc2ccccc2)cn1. The third-order valence-electron chi connectivity index (χ3n) is 3.64. The maximum Gasteiger partial charge on any atom is 0.339 e. The second-order valence-electron chi connectivity index (χ2n) is 5.41. The van der Waals surface area contributed by atoms with E-state index < -0.39 is 11.9 Å². The average Bonchev–Trinajstić information content (AvgIpc) is 2.69. The van der Waals surface area contributed by atoms with Gasteiger partial charge in [-0.2, -0.15) is 0 Å². The minimum atomic E-state index is -0.517. The number of nitrogens with one attached hydrogen (secondary N) is 2. The first kappa shape index (κ1) is 17.2. The van der Waals surface area contributed by atoms with Crippen LogP contribution in [0.15, 0.2) is 72.9 Å². The van der Waals surface area contributed by atoms with Crippen LogP contribution in [0.1, 0.15) is 20.8 Å². The maximum atomic E-state index is 12.4. The van der Waals surface area contributed by atoms with E-state index in [4.69, 9.17) is 4.74 Å². The first-order chi connectivity index (χ1) is 12.7. The van der Waals surface area contributed by atoms with E-state index in [-0.39, 0.29) is 11.3 Å². The van der Waals surface area contributed by atoms with Crippen LogP contribution in [0.25, 0.3) is 0 Å². The maximum absolute atomic E-state index is 12.4. The highest BCUT2D eigenvalue weighted by Crippen LogP contribution is 2.18. The number of carbonyl (C=O) groups excluding carboxylic acids is 2. The molecule has 130 valence electrons. The third-order valence-corrected chi connectivity index (χ3v) is 3.64. The van der Waals surface area contributed by atoms with Crippen molar-refractivity contribution in [1.29, 1.82) is 0 Å². The molecular formula is C20H17N3O3. The second kappa shape index (κ2) is 7.94. The predicted octanol–water partition coefficient (Wildman–Crippen LogP) is 3.86. The first-order valence-corrected chi connectivity index (χ1v) is 7.94. The highest BCUT2D eigenvalue weighted by molar-refractivity contribution is 6.07. The fourth-order valence-electron chi connectivity index (χ4n) is 2.36. The Morgan fingerprint density at radius 1 is 0.885 bits per heavy atom. The van der Waals surface area contributed by atoms with Crippen LogP contribution in [0.4, 0.5) is 17.1 Å². The number of aromatic nitrogens is 1. The van der Waals surface area contributed by atoms with E-state index >= 15 is 0 Å². The monoisotopic (exact) mass is 347 g/mol. The van der Waals surface area contributed by atoms with Crippen molar-refractivity contribution in [3.63, 3.8) is 0 Å². The largest absolute Gasteiger partial charge is 0.465 e. The smallest absolute Gasteiger partial charge is 0.339 e. The molecule has 0 aliphatic heterocycles. The van der Waals surface area contributed by atoms with Crippen LogP contribution in [0, 0.1) is 0 Å². The zero-order chi connectivity index (χ0) is 18.4. The molecule has 0 radical (unpaired) electrons. The molecule has 6 heteroatoms. The summed E-state index contributed by atoms with van der Waals surface area (Å²) in [4.78, 5) is 28.3. The number of pyridine rings is 1. The van der Waals surface area contributed by atoms with Crippen molar-refractivity contribution in [1.82, 2.24) is 4.98 Å². The molecule has 0 spiro atoms. The molecule has 1 heterocycles. The van der Waals surface area contributed by atoms with Crippen LogP contribution in [0.3, 0.4) is 0 Å². The number of hydrogen-bond donors (Lipinski definition) is 2. The molecule has 0 saturated carbocycles. The van der Waals surface area contributed by atoms with Gasteiger partial charge >= 0.3 is 5.97 Å². The van der Waals surface area contributed by atoms with Gasteiger partial charge in [0.1, 0.15) is 5.69 Å². The molecule has 0 fully saturated rings. The van der Waals surface area contributed by atoms with Gasteiger partial charge in [-0.3, -0.25) is 4.79 Å². The summed E-state index contributed by atoms with van der Waals surface area (Å²) in [5.74, 6) is -0.927. The van der Waals surface area contributed by atoms with Crippen LogP contribution in [0.5, 0.6) is 0 Å². The van der Waals surface area contributed by atoms with Gasteiger partial charge in [0.2, 0.25) is 0 Å². The number of benzene rings is 2. The summed E-state index contributed by atoms with van der Waals surface area (Å²) in [6, 6.07) is 19.7. The Balaban J connectivity index is 1.72. The van der Waals surface area contributed by atoms with E-state index in [1.54, 1.807) is 42.6 Å². The normalized spacial score (nSPS) is 10.0. The van der Waals surface area contributed by atoms with E-state index in [0.717, 1.165) is 11.4 Å². The number of carbonyl (C=O) groups is 2. The van der Waals surface area contributed by atoms with E-state index in [9.17, 15) is 9.59 Å². The standard InChI is InChI=1S/C20H17N3O3/c1-26-20(25)16-9-5-6-10-17(16)23-19(24)18-12-11-15(13-21-18)22-14-7-3-2-4-8-14/h2-13,22H,1H3,(H,23,24). The Morgan fingerprint density at radius 2 is 1.62 bits per heavy atom. The van der Waals surface area contributed by atoms with Gasteiger partial charge in [0.15, 0.2) is 0 Å². The molecule has 2 aromatic carbocycles. The Kier molecular flexibility index (Phi) is 5.24. The molecule has 0 bridgehead atoms. The Bertz CT molecular complexity index is 909. The van der Waals surface area contributed by atoms with Gasteiger partial charge in [0, 0.05) is 5.69 Å². The van der Waals surface area contributed by atoms with Crippen LogP contribution >= 0.6 is 0 Å². The van der Waals surface area contributed by atoms with Gasteiger partial charge in [-0.25, -0.2) is 9.78 Å². The summed E-state index contributed by atoms with van der Waals surface area (Å²) < 4.78 is 4.72. The van der Waals surface area contributed by atoms with Crippen LogP contribution in [0.2, 0.25) is 0 Å². The number of para-hydroxylation sites is 2. The lowest BCUT2D eigenvalue weighted by Gasteiger charge is -2.10. The van der Waals surface area contributed by atoms with Crippen molar-refractivity contribution in [2.75, 3.05) is 17.7 Å². The third kappa shape index (κ3) is 4.05. The Morgan fingerprint density at radius 3 is 2.31 bits per heavy atom. The summed E-state index contributed by atoms with van der Waals surface area (Å²) in [6.07, 6.45) is 1.58. The van der Waals surface area contributed by atoms with Crippen molar-refractivity contribution >= 4 is 28.9 Å². The van der Waals surface area contributed by atoms with Crippen LogP contribution < -0.4 is 10.6 Å². The van der Waals surface area contributed by atoms with Crippen molar-refractivity contribution in [3.8, 4) is 0 Å². The molecular weight excluding hydrogens is 330 g/mol. The zero-order valence-electron chi connectivity index (χ0n) is 14.1. The van der Waals surface area contributed by atoms with Crippen LogP contribution in [-0.2, 0) is 4.74 Å². The Hall–Kier alpha value is -3.67. The number of hydrogen-bond acceptors (Lipinski definition) is 5. The number of ether oxygens (including phenoxy) is 1. The van der Waals surface area contributed by atoms with Gasteiger partial charge < -0.3 is 15.4 Å². The van der Waals surface area contributed by atoms with Crippen molar-refractivity contribution in [3.05, 3.63) is 84.2 Å². The molecule has 0 unspecified atom stereocenters. The molecule has 0 atom stereocenters. The molecule has 2 N–H and O–H groups in total. The fraction of sp³-hybridized carbons (Fsp3) is 0.0500. The molecule has 0 aliphatic rings. The predicted molar refractivity (Wildman–Crippen MR) is 99.7 cm³/mol. The second-order valence-corrected chi connectivity index (χ2v) is 5.41. The molecule has 1 amide bonds. The summed E-state index contributed by atoms with van der Waals surface area (Å²) >= 11 is 0. The molecule has 3 rings (SSSR count). The Labute approximate surface area is 150 Å². The first-order valence-electron chi connectivity index (χ1n) is 7.94. The molecule has 26 heavy (non-hydrogen) atoms. The average molecular weight is 347 g/mol. The fourth-order valence-corrected chi connectivity index (χ4v) is 2.36. The number of rotatable bonds is 5. The van der Waals surface area contributed by atoms with Crippen molar-refractivity contribution in [2.24, 2.45) is 0 Å². The molecule has 0 saturated heterocycles. The number of methoxy groups -OCH3 is 1. The quantitative estimate of drug-likeness (QED) is 0.685. The summed E-state index contributed by atoms with van der Waals surface area (Å²) in [6.45, 7) is 0. The van der Waals surface area contributed by atoms with Crippen molar-refractivity contribution < 1.29 is 14.3 Å². The van der Waals surface area contributed by atoms with Gasteiger partial charge in [-0.05, 0) is 36.4 Å². The van der Waals surface area contributed by atoms with Crippen molar-refractivity contribution in [2.45, 2.75) is 0 Å². The number of anilines is 3. The summed E-state index contributed by atoms with van der Waals surface area (Å²) in [7, 11) is 1.29. The van der Waals surface area contributed by atoms with Gasteiger partial charge in [0.05, 0.1) is 30.2 Å². The molecule has 6 nitrogen and oxygen atoms in total. The van der Waals surface area contributed by atoms with Gasteiger partial charge in [-0.15, -0.1) is 0 Å². The van der Waals surface area contributed by atoms with Crippen LogP contribution in [-0.4, -0.2) is 24.0 Å². The molecule has 0 aliphatic carbocycles. The lowest BCUT2D eigenvalue weighted by atomic mass is 10.1. The minimum Gasteiger partial charge on any atom is -0.465 e. The van der Waals surface area contributed by atoms with E-state index in [1.807, 2.05) is 30.3 Å². The highest BCUT2D eigenvalue weighted by Gasteiger charge is 2.14. The zero-order valence-corrected chi connectivity index (χ0v) is 14.1. The van der Waals surface area contributed by atoms with Gasteiger partial charge in [0.25, 0.3) is 5.91 Å². The minimum absolute atomic E-state index is 0.239. The number of esters is 1. The van der Waals surface area contributed by atoms with E-state index in [2.05, 4.69) is 15.6 Å². The lowest BCUT2D eigenvalue weighted by molar-refractivity contribution is 0.0602.